The molecule has 0 amide bonds. The molecule has 0 saturated carbocycles. The topological polar surface area (TPSA) is 15.8 Å². The molecule has 2 rings (SSSR count). The molecule has 1 aromatic heterocycles. The maximum absolute atomic E-state index is 3.20. The Hall–Kier alpha value is -1.50. The summed E-state index contributed by atoms with van der Waals surface area (Å²) in [5.41, 5.74) is 3.94. The SMILES string of the molecule is Cc1ccc(Cc2ccc[nH]2)cc1. The molecule has 0 atom stereocenters. The van der Waals surface area contributed by atoms with Crippen molar-refractivity contribution in [3.63, 3.8) is 0 Å². The first-order chi connectivity index (χ1) is 6.34. The number of aromatic nitrogens is 1. The van der Waals surface area contributed by atoms with E-state index < -0.39 is 0 Å². The van der Waals surface area contributed by atoms with E-state index in [0.29, 0.717) is 0 Å². The van der Waals surface area contributed by atoms with Gasteiger partial charge in [0.25, 0.3) is 0 Å². The predicted octanol–water partition coefficient (Wildman–Crippen LogP) is 2.91. The Morgan fingerprint density at radius 3 is 2.46 bits per heavy atom. The summed E-state index contributed by atoms with van der Waals surface area (Å²) in [7, 11) is 0. The summed E-state index contributed by atoms with van der Waals surface area (Å²) in [5.74, 6) is 0. The minimum absolute atomic E-state index is 0.993. The second kappa shape index (κ2) is 3.48. The minimum atomic E-state index is 0.993. The Morgan fingerprint density at radius 2 is 1.85 bits per heavy atom. The highest BCUT2D eigenvalue weighted by Crippen LogP contribution is 2.08. The monoisotopic (exact) mass is 171 g/mol. The van der Waals surface area contributed by atoms with Crippen LogP contribution in [-0.2, 0) is 6.42 Å². The molecular formula is C12H13N. The van der Waals surface area contributed by atoms with Gasteiger partial charge in [-0.1, -0.05) is 29.8 Å². The number of hydrogen-bond donors (Lipinski definition) is 1. The molecule has 0 aliphatic rings. The van der Waals surface area contributed by atoms with Crippen molar-refractivity contribution in [1.82, 2.24) is 4.98 Å². The van der Waals surface area contributed by atoms with Crippen LogP contribution in [0.5, 0.6) is 0 Å². The molecular weight excluding hydrogens is 158 g/mol. The third kappa shape index (κ3) is 2.00. The summed E-state index contributed by atoms with van der Waals surface area (Å²) in [6, 6.07) is 12.8. The van der Waals surface area contributed by atoms with Crippen LogP contribution in [0.4, 0.5) is 0 Å². The molecule has 1 heterocycles. The van der Waals surface area contributed by atoms with Gasteiger partial charge in [-0.25, -0.2) is 0 Å². The third-order valence-electron chi connectivity index (χ3n) is 2.18. The fourth-order valence-electron chi connectivity index (χ4n) is 1.40. The van der Waals surface area contributed by atoms with Crippen molar-refractivity contribution in [3.8, 4) is 0 Å². The van der Waals surface area contributed by atoms with Crippen LogP contribution in [0.2, 0.25) is 0 Å². The van der Waals surface area contributed by atoms with Crippen molar-refractivity contribution >= 4 is 0 Å². The molecule has 0 spiro atoms. The van der Waals surface area contributed by atoms with Gasteiger partial charge < -0.3 is 4.98 Å². The fraction of sp³-hybridized carbons (Fsp3) is 0.167. The molecule has 0 radical (unpaired) electrons. The summed E-state index contributed by atoms with van der Waals surface area (Å²) < 4.78 is 0. The highest BCUT2D eigenvalue weighted by Gasteiger charge is 1.95. The van der Waals surface area contributed by atoms with Crippen molar-refractivity contribution in [2.45, 2.75) is 13.3 Å². The molecule has 1 aromatic carbocycles. The van der Waals surface area contributed by atoms with E-state index in [-0.39, 0.29) is 0 Å². The summed E-state index contributed by atoms with van der Waals surface area (Å²) in [5, 5.41) is 0. The molecule has 1 heteroatoms. The van der Waals surface area contributed by atoms with Gasteiger partial charge in [-0.3, -0.25) is 0 Å². The van der Waals surface area contributed by atoms with Crippen molar-refractivity contribution < 1.29 is 0 Å². The van der Waals surface area contributed by atoms with Crippen molar-refractivity contribution in [2.24, 2.45) is 0 Å². The van der Waals surface area contributed by atoms with E-state index in [1.807, 2.05) is 12.3 Å². The Balaban J connectivity index is 2.15. The van der Waals surface area contributed by atoms with E-state index in [1.165, 1.54) is 16.8 Å². The van der Waals surface area contributed by atoms with E-state index in [1.54, 1.807) is 0 Å². The van der Waals surface area contributed by atoms with Crippen molar-refractivity contribution in [1.29, 1.82) is 0 Å². The van der Waals surface area contributed by atoms with Gasteiger partial charge in [0, 0.05) is 18.3 Å². The van der Waals surface area contributed by atoms with Gasteiger partial charge in [-0.05, 0) is 24.6 Å². The highest BCUT2D eigenvalue weighted by atomic mass is 14.7. The number of nitrogens with one attached hydrogen (secondary N) is 1. The third-order valence-corrected chi connectivity index (χ3v) is 2.18. The highest BCUT2D eigenvalue weighted by molar-refractivity contribution is 5.25. The van der Waals surface area contributed by atoms with Gasteiger partial charge in [0.1, 0.15) is 0 Å². The lowest BCUT2D eigenvalue weighted by Gasteiger charge is -1.99. The number of benzene rings is 1. The zero-order valence-electron chi connectivity index (χ0n) is 7.75. The number of rotatable bonds is 2. The number of hydrogen-bond acceptors (Lipinski definition) is 0. The summed E-state index contributed by atoms with van der Waals surface area (Å²) in [6.45, 7) is 2.11. The molecule has 1 nitrogen and oxygen atoms in total. The Bertz CT molecular complexity index is 357. The van der Waals surface area contributed by atoms with Gasteiger partial charge in [-0.2, -0.15) is 0 Å². The van der Waals surface area contributed by atoms with E-state index in [2.05, 4.69) is 42.2 Å². The van der Waals surface area contributed by atoms with Crippen LogP contribution in [0.3, 0.4) is 0 Å². The van der Waals surface area contributed by atoms with Crippen molar-refractivity contribution in [3.05, 3.63) is 59.4 Å². The Labute approximate surface area is 78.4 Å². The molecule has 2 aromatic rings. The standard InChI is InChI=1S/C12H13N/c1-10-4-6-11(7-5-10)9-12-3-2-8-13-12/h2-8,13H,9H2,1H3. The van der Waals surface area contributed by atoms with Crippen molar-refractivity contribution in [2.75, 3.05) is 0 Å². The molecule has 0 saturated heterocycles. The van der Waals surface area contributed by atoms with Crippen LogP contribution in [0.25, 0.3) is 0 Å². The second-order valence-corrected chi connectivity index (χ2v) is 3.36. The lowest BCUT2D eigenvalue weighted by atomic mass is 10.1. The fourth-order valence-corrected chi connectivity index (χ4v) is 1.40. The summed E-state index contributed by atoms with van der Waals surface area (Å²) in [6.07, 6.45) is 2.96. The second-order valence-electron chi connectivity index (χ2n) is 3.36. The molecule has 0 aliphatic carbocycles. The first-order valence-electron chi connectivity index (χ1n) is 4.52. The largest absolute Gasteiger partial charge is 0.365 e. The van der Waals surface area contributed by atoms with Crippen LogP contribution >= 0.6 is 0 Å². The molecule has 0 fully saturated rings. The molecule has 0 bridgehead atoms. The number of H-pyrrole nitrogens is 1. The van der Waals surface area contributed by atoms with Gasteiger partial charge >= 0.3 is 0 Å². The molecule has 1 N–H and O–H groups in total. The molecule has 0 aliphatic heterocycles. The van der Waals surface area contributed by atoms with Gasteiger partial charge in [0.2, 0.25) is 0 Å². The zero-order chi connectivity index (χ0) is 9.10. The average molecular weight is 171 g/mol. The van der Waals surface area contributed by atoms with E-state index in [9.17, 15) is 0 Å². The Kier molecular flexibility index (Phi) is 2.17. The van der Waals surface area contributed by atoms with E-state index >= 15 is 0 Å². The van der Waals surface area contributed by atoms with Crippen LogP contribution in [0, 0.1) is 6.92 Å². The predicted molar refractivity (Wildman–Crippen MR) is 54.8 cm³/mol. The van der Waals surface area contributed by atoms with Gasteiger partial charge in [0.05, 0.1) is 0 Å². The molecule has 0 unspecified atom stereocenters. The quantitative estimate of drug-likeness (QED) is 0.715. The van der Waals surface area contributed by atoms with Crippen LogP contribution in [0.1, 0.15) is 16.8 Å². The van der Waals surface area contributed by atoms with Gasteiger partial charge in [0.15, 0.2) is 0 Å². The first-order valence-corrected chi connectivity index (χ1v) is 4.52. The van der Waals surface area contributed by atoms with Crippen LogP contribution in [-0.4, -0.2) is 4.98 Å². The maximum atomic E-state index is 3.20. The number of aryl methyl sites for hydroxylation is 1. The van der Waals surface area contributed by atoms with E-state index in [4.69, 9.17) is 0 Å². The lowest BCUT2D eigenvalue weighted by molar-refractivity contribution is 1.10. The molecule has 13 heavy (non-hydrogen) atoms. The van der Waals surface area contributed by atoms with Gasteiger partial charge in [-0.15, -0.1) is 0 Å². The zero-order valence-corrected chi connectivity index (χ0v) is 7.75. The normalized spacial score (nSPS) is 10.2. The van der Waals surface area contributed by atoms with Crippen LogP contribution in [0.15, 0.2) is 42.6 Å². The summed E-state index contributed by atoms with van der Waals surface area (Å²) >= 11 is 0. The average Bonchev–Trinajstić information content (AvgIpc) is 2.62. The number of aromatic amines is 1. The smallest absolute Gasteiger partial charge is 0.0191 e. The molecule has 66 valence electrons. The lowest BCUT2D eigenvalue weighted by Crippen LogP contribution is -1.87. The first kappa shape index (κ1) is 8.11. The van der Waals surface area contributed by atoms with Crippen LogP contribution < -0.4 is 0 Å². The maximum Gasteiger partial charge on any atom is 0.0191 e. The minimum Gasteiger partial charge on any atom is -0.365 e. The Morgan fingerprint density at radius 1 is 1.08 bits per heavy atom. The van der Waals surface area contributed by atoms with E-state index in [0.717, 1.165) is 6.42 Å². The summed E-state index contributed by atoms with van der Waals surface area (Å²) in [4.78, 5) is 3.20.